The van der Waals surface area contributed by atoms with Crippen molar-refractivity contribution >= 4 is 5.69 Å². The van der Waals surface area contributed by atoms with E-state index in [-0.39, 0.29) is 0 Å². The summed E-state index contributed by atoms with van der Waals surface area (Å²) in [5, 5.41) is 0. The number of nitrogen functional groups attached to an aromatic ring is 1. The molecule has 2 heteroatoms. The number of benzene rings is 2. The maximum absolute atomic E-state index is 5.88. The standard InChI is InChI=1S/C18H22N2/c1-14-5-7-15(8-6-14)12-20(18-9-10-18)13-16-3-2-4-17(19)11-16/h2-8,11,18H,9-10,12-13,19H2,1H3. The van der Waals surface area contributed by atoms with Gasteiger partial charge in [-0.25, -0.2) is 0 Å². The minimum Gasteiger partial charge on any atom is -0.399 e. The molecule has 2 aromatic rings. The quantitative estimate of drug-likeness (QED) is 0.835. The van der Waals surface area contributed by atoms with E-state index in [0.29, 0.717) is 0 Å². The van der Waals surface area contributed by atoms with E-state index in [2.05, 4.69) is 48.2 Å². The summed E-state index contributed by atoms with van der Waals surface area (Å²) in [4.78, 5) is 2.57. The second kappa shape index (κ2) is 5.68. The molecule has 1 aliphatic rings. The Morgan fingerprint density at radius 2 is 1.70 bits per heavy atom. The molecule has 0 amide bonds. The molecule has 0 saturated heterocycles. The van der Waals surface area contributed by atoms with E-state index in [1.54, 1.807) is 0 Å². The first-order chi connectivity index (χ1) is 9.70. The fourth-order valence-corrected chi connectivity index (χ4v) is 2.61. The van der Waals surface area contributed by atoms with E-state index in [9.17, 15) is 0 Å². The van der Waals surface area contributed by atoms with E-state index in [4.69, 9.17) is 5.73 Å². The number of nitrogens with zero attached hydrogens (tertiary/aromatic N) is 1. The first-order valence-electron chi connectivity index (χ1n) is 7.35. The highest BCUT2D eigenvalue weighted by molar-refractivity contribution is 5.40. The number of anilines is 1. The minimum atomic E-state index is 0.748. The van der Waals surface area contributed by atoms with Crippen LogP contribution in [0.2, 0.25) is 0 Å². The summed E-state index contributed by atoms with van der Waals surface area (Å²) in [5.41, 5.74) is 10.8. The SMILES string of the molecule is Cc1ccc(CN(Cc2cccc(N)c2)C2CC2)cc1. The third kappa shape index (κ3) is 3.40. The highest BCUT2D eigenvalue weighted by Gasteiger charge is 2.28. The third-order valence-corrected chi connectivity index (χ3v) is 3.91. The average molecular weight is 266 g/mol. The molecule has 2 aromatic carbocycles. The van der Waals surface area contributed by atoms with Gasteiger partial charge in [0.15, 0.2) is 0 Å². The molecule has 0 radical (unpaired) electrons. The van der Waals surface area contributed by atoms with Crippen LogP contribution in [-0.4, -0.2) is 10.9 Å². The molecule has 2 N–H and O–H groups in total. The lowest BCUT2D eigenvalue weighted by atomic mass is 10.1. The molecule has 104 valence electrons. The molecule has 0 spiro atoms. The fraction of sp³-hybridized carbons (Fsp3) is 0.333. The van der Waals surface area contributed by atoms with Crippen molar-refractivity contribution in [3.8, 4) is 0 Å². The molecule has 1 aliphatic carbocycles. The van der Waals surface area contributed by atoms with Crippen LogP contribution in [0.15, 0.2) is 48.5 Å². The van der Waals surface area contributed by atoms with Crippen molar-refractivity contribution in [1.82, 2.24) is 4.90 Å². The van der Waals surface area contributed by atoms with Crippen LogP contribution in [-0.2, 0) is 13.1 Å². The van der Waals surface area contributed by atoms with E-state index < -0.39 is 0 Å². The topological polar surface area (TPSA) is 29.3 Å². The lowest BCUT2D eigenvalue weighted by Crippen LogP contribution is -2.25. The zero-order chi connectivity index (χ0) is 13.9. The molecule has 1 fully saturated rings. The zero-order valence-electron chi connectivity index (χ0n) is 12.0. The normalized spacial score (nSPS) is 14.7. The van der Waals surface area contributed by atoms with Gasteiger partial charge in [0.05, 0.1) is 0 Å². The fourth-order valence-electron chi connectivity index (χ4n) is 2.61. The van der Waals surface area contributed by atoms with Crippen molar-refractivity contribution < 1.29 is 0 Å². The minimum absolute atomic E-state index is 0.748. The second-order valence-corrected chi connectivity index (χ2v) is 5.87. The lowest BCUT2D eigenvalue weighted by molar-refractivity contribution is 0.246. The molecule has 0 unspecified atom stereocenters. The van der Waals surface area contributed by atoms with Crippen LogP contribution in [0.3, 0.4) is 0 Å². The van der Waals surface area contributed by atoms with E-state index in [1.807, 2.05) is 12.1 Å². The predicted molar refractivity (Wildman–Crippen MR) is 84.3 cm³/mol. The monoisotopic (exact) mass is 266 g/mol. The highest BCUT2D eigenvalue weighted by atomic mass is 15.2. The Hall–Kier alpha value is -1.80. The maximum Gasteiger partial charge on any atom is 0.0317 e. The summed E-state index contributed by atoms with van der Waals surface area (Å²) >= 11 is 0. The summed E-state index contributed by atoms with van der Waals surface area (Å²) in [6, 6.07) is 17.9. The summed E-state index contributed by atoms with van der Waals surface area (Å²) < 4.78 is 0. The van der Waals surface area contributed by atoms with Crippen molar-refractivity contribution in [2.45, 2.75) is 38.9 Å². The molecule has 0 bridgehead atoms. The Kier molecular flexibility index (Phi) is 3.75. The number of hydrogen-bond acceptors (Lipinski definition) is 2. The first-order valence-corrected chi connectivity index (χ1v) is 7.35. The smallest absolute Gasteiger partial charge is 0.0317 e. The average Bonchev–Trinajstić information content (AvgIpc) is 3.25. The van der Waals surface area contributed by atoms with Crippen LogP contribution in [0.4, 0.5) is 5.69 Å². The Morgan fingerprint density at radius 3 is 2.35 bits per heavy atom. The zero-order valence-corrected chi connectivity index (χ0v) is 12.0. The molecule has 2 nitrogen and oxygen atoms in total. The summed E-state index contributed by atoms with van der Waals surface area (Å²) in [6.45, 7) is 4.15. The van der Waals surface area contributed by atoms with Gasteiger partial charge in [-0.05, 0) is 43.0 Å². The van der Waals surface area contributed by atoms with Crippen LogP contribution >= 0.6 is 0 Å². The van der Waals surface area contributed by atoms with E-state index >= 15 is 0 Å². The van der Waals surface area contributed by atoms with Crippen molar-refractivity contribution in [3.05, 3.63) is 65.2 Å². The molecule has 0 heterocycles. The van der Waals surface area contributed by atoms with Crippen molar-refractivity contribution in [1.29, 1.82) is 0 Å². The summed E-state index contributed by atoms with van der Waals surface area (Å²) in [7, 11) is 0. The molecule has 20 heavy (non-hydrogen) atoms. The lowest BCUT2D eigenvalue weighted by Gasteiger charge is -2.22. The van der Waals surface area contributed by atoms with Gasteiger partial charge in [0.25, 0.3) is 0 Å². The Labute approximate surface area is 121 Å². The molecule has 0 atom stereocenters. The molecule has 0 aliphatic heterocycles. The van der Waals surface area contributed by atoms with Crippen molar-refractivity contribution in [2.24, 2.45) is 0 Å². The molecule has 1 saturated carbocycles. The molecular formula is C18H22N2. The Morgan fingerprint density at radius 1 is 1.00 bits per heavy atom. The highest BCUT2D eigenvalue weighted by Crippen LogP contribution is 2.30. The van der Waals surface area contributed by atoms with Crippen LogP contribution in [0.5, 0.6) is 0 Å². The second-order valence-electron chi connectivity index (χ2n) is 5.87. The first kappa shape index (κ1) is 13.2. The number of rotatable bonds is 5. The summed E-state index contributed by atoms with van der Waals surface area (Å²) in [5.74, 6) is 0. The number of hydrogen-bond donors (Lipinski definition) is 1. The van der Waals surface area contributed by atoms with Gasteiger partial charge >= 0.3 is 0 Å². The van der Waals surface area contributed by atoms with Gasteiger partial charge in [0.1, 0.15) is 0 Å². The van der Waals surface area contributed by atoms with Gasteiger partial charge in [-0.15, -0.1) is 0 Å². The van der Waals surface area contributed by atoms with E-state index in [0.717, 1.165) is 24.8 Å². The largest absolute Gasteiger partial charge is 0.399 e. The Balaban J connectivity index is 1.71. The molecular weight excluding hydrogens is 244 g/mol. The maximum atomic E-state index is 5.88. The number of nitrogens with two attached hydrogens (primary N) is 1. The van der Waals surface area contributed by atoms with Gasteiger partial charge < -0.3 is 5.73 Å². The van der Waals surface area contributed by atoms with E-state index in [1.165, 1.54) is 29.5 Å². The van der Waals surface area contributed by atoms with Crippen LogP contribution in [0, 0.1) is 6.92 Å². The number of aryl methyl sites for hydroxylation is 1. The Bertz CT molecular complexity index is 570. The van der Waals surface area contributed by atoms with Crippen LogP contribution in [0.1, 0.15) is 29.5 Å². The van der Waals surface area contributed by atoms with Gasteiger partial charge in [-0.1, -0.05) is 42.0 Å². The third-order valence-electron chi connectivity index (χ3n) is 3.91. The van der Waals surface area contributed by atoms with Crippen molar-refractivity contribution in [2.75, 3.05) is 5.73 Å². The van der Waals surface area contributed by atoms with Gasteiger partial charge in [-0.2, -0.15) is 0 Å². The summed E-state index contributed by atoms with van der Waals surface area (Å²) in [6.07, 6.45) is 2.66. The van der Waals surface area contributed by atoms with Crippen LogP contribution in [0.25, 0.3) is 0 Å². The predicted octanol–water partition coefficient (Wildman–Crippen LogP) is 3.74. The van der Waals surface area contributed by atoms with Crippen molar-refractivity contribution in [3.63, 3.8) is 0 Å². The van der Waals surface area contributed by atoms with Gasteiger partial charge in [-0.3, -0.25) is 4.90 Å². The van der Waals surface area contributed by atoms with Gasteiger partial charge in [0, 0.05) is 24.8 Å². The van der Waals surface area contributed by atoms with Gasteiger partial charge in [0.2, 0.25) is 0 Å². The molecule has 0 aromatic heterocycles. The molecule has 3 rings (SSSR count). The van der Waals surface area contributed by atoms with Crippen LogP contribution < -0.4 is 5.73 Å².